The van der Waals surface area contributed by atoms with Crippen LogP contribution in [0.4, 0.5) is 15.4 Å². The van der Waals surface area contributed by atoms with Crippen molar-refractivity contribution in [1.29, 1.82) is 0 Å². The Labute approximate surface area is 182 Å². The standard InChI is InChI=1S/C21H31N5O3S/c1-21(2,3)29-20(28)24-10-9-16(13-24)25-12-14-11-22-18(30-4)23-17(14)26(19(25)27)15-7-5-6-8-15/h11,15-16H,5-10,12-13H2,1-4H3/t16-/m0/s1. The fourth-order valence-electron chi connectivity index (χ4n) is 4.55. The Bertz CT molecular complexity index is 821. The molecule has 1 saturated heterocycles. The predicted octanol–water partition coefficient (Wildman–Crippen LogP) is 3.89. The van der Waals surface area contributed by atoms with Gasteiger partial charge in [-0.05, 0) is 46.3 Å². The van der Waals surface area contributed by atoms with E-state index in [1.54, 1.807) is 4.90 Å². The Balaban J connectivity index is 1.56. The molecule has 3 heterocycles. The SMILES string of the molecule is CSc1ncc2c(n1)N(C1CCCC1)C(=O)N([C@H]1CCN(C(=O)OC(C)(C)C)C1)C2. The zero-order valence-electron chi connectivity index (χ0n) is 18.3. The molecule has 2 fully saturated rings. The van der Waals surface area contributed by atoms with E-state index in [0.717, 1.165) is 43.5 Å². The van der Waals surface area contributed by atoms with E-state index in [4.69, 9.17) is 9.72 Å². The van der Waals surface area contributed by atoms with Gasteiger partial charge in [0.15, 0.2) is 5.16 Å². The summed E-state index contributed by atoms with van der Waals surface area (Å²) in [7, 11) is 0. The van der Waals surface area contributed by atoms with Gasteiger partial charge in [-0.15, -0.1) is 0 Å². The highest BCUT2D eigenvalue weighted by Gasteiger charge is 2.43. The number of amides is 3. The summed E-state index contributed by atoms with van der Waals surface area (Å²) in [6, 6.07) is 0.172. The van der Waals surface area contributed by atoms with Gasteiger partial charge < -0.3 is 14.5 Å². The van der Waals surface area contributed by atoms with Gasteiger partial charge >= 0.3 is 12.1 Å². The van der Waals surface area contributed by atoms with Gasteiger partial charge in [0, 0.05) is 30.9 Å². The van der Waals surface area contributed by atoms with Crippen molar-refractivity contribution in [1.82, 2.24) is 19.8 Å². The molecule has 3 aliphatic rings. The lowest BCUT2D eigenvalue weighted by Crippen LogP contribution is -2.55. The number of aromatic nitrogens is 2. The molecule has 1 aliphatic carbocycles. The molecule has 0 unspecified atom stereocenters. The first-order chi connectivity index (χ1) is 14.3. The summed E-state index contributed by atoms with van der Waals surface area (Å²) < 4.78 is 5.52. The number of anilines is 1. The average Bonchev–Trinajstić information content (AvgIpc) is 3.38. The molecule has 0 radical (unpaired) electrons. The Kier molecular flexibility index (Phi) is 5.83. The molecule has 1 atom stereocenters. The van der Waals surface area contributed by atoms with Gasteiger partial charge in [0.25, 0.3) is 0 Å². The number of fused-ring (bicyclic) bond motifs is 1. The summed E-state index contributed by atoms with van der Waals surface area (Å²) in [4.78, 5) is 40.8. The molecule has 3 amide bonds. The van der Waals surface area contributed by atoms with Gasteiger partial charge in [0.2, 0.25) is 0 Å². The van der Waals surface area contributed by atoms with Crippen molar-refractivity contribution in [3.05, 3.63) is 11.8 Å². The lowest BCUT2D eigenvalue weighted by atomic mass is 10.1. The number of rotatable bonds is 3. The lowest BCUT2D eigenvalue weighted by Gasteiger charge is -2.41. The molecule has 0 aromatic carbocycles. The van der Waals surface area contributed by atoms with Crippen LogP contribution in [-0.2, 0) is 11.3 Å². The minimum atomic E-state index is -0.527. The maximum Gasteiger partial charge on any atom is 0.410 e. The lowest BCUT2D eigenvalue weighted by molar-refractivity contribution is 0.0282. The highest BCUT2D eigenvalue weighted by molar-refractivity contribution is 7.98. The van der Waals surface area contributed by atoms with Gasteiger partial charge in [-0.25, -0.2) is 19.6 Å². The molecule has 8 nitrogen and oxygen atoms in total. The van der Waals surface area contributed by atoms with Crippen LogP contribution in [0.2, 0.25) is 0 Å². The summed E-state index contributed by atoms with van der Waals surface area (Å²) in [6.45, 7) is 7.18. The van der Waals surface area contributed by atoms with Crippen molar-refractivity contribution in [2.24, 2.45) is 0 Å². The second kappa shape index (κ2) is 8.24. The predicted molar refractivity (Wildman–Crippen MR) is 116 cm³/mol. The Hall–Kier alpha value is -2.03. The third-order valence-corrected chi connectivity index (χ3v) is 6.53. The topological polar surface area (TPSA) is 78.9 Å². The summed E-state index contributed by atoms with van der Waals surface area (Å²) in [5.74, 6) is 0.768. The monoisotopic (exact) mass is 433 g/mol. The summed E-state index contributed by atoms with van der Waals surface area (Å²) in [6.07, 6.45) is 8.54. The minimum Gasteiger partial charge on any atom is -0.444 e. The van der Waals surface area contributed by atoms with Crippen LogP contribution in [0.3, 0.4) is 0 Å². The maximum absolute atomic E-state index is 13.6. The molecular weight excluding hydrogens is 402 g/mol. The van der Waals surface area contributed by atoms with Crippen molar-refractivity contribution in [2.45, 2.75) is 82.3 Å². The van der Waals surface area contributed by atoms with E-state index >= 15 is 0 Å². The van der Waals surface area contributed by atoms with Crippen LogP contribution in [0, 0.1) is 0 Å². The zero-order chi connectivity index (χ0) is 21.5. The van der Waals surface area contributed by atoms with Crippen LogP contribution in [-0.4, -0.2) is 68.9 Å². The normalized spacial score (nSPS) is 22.6. The van der Waals surface area contributed by atoms with Crippen LogP contribution in [0.15, 0.2) is 11.4 Å². The molecule has 0 spiro atoms. The van der Waals surface area contributed by atoms with Crippen LogP contribution in [0.1, 0.15) is 58.4 Å². The first-order valence-corrected chi connectivity index (χ1v) is 12.0. The molecule has 164 valence electrons. The van der Waals surface area contributed by atoms with Crippen LogP contribution in [0.5, 0.6) is 0 Å². The molecule has 1 aromatic rings. The van der Waals surface area contributed by atoms with E-state index in [1.165, 1.54) is 11.8 Å². The largest absolute Gasteiger partial charge is 0.444 e. The summed E-state index contributed by atoms with van der Waals surface area (Å²) in [5.41, 5.74) is 0.454. The van der Waals surface area contributed by atoms with E-state index in [-0.39, 0.29) is 24.2 Å². The first kappa shape index (κ1) is 21.2. The number of ether oxygens (including phenoxy) is 1. The van der Waals surface area contributed by atoms with Crippen molar-refractivity contribution >= 4 is 29.7 Å². The van der Waals surface area contributed by atoms with Crippen LogP contribution < -0.4 is 4.90 Å². The molecule has 9 heteroatoms. The summed E-state index contributed by atoms with van der Waals surface area (Å²) >= 11 is 1.49. The Morgan fingerprint density at radius 1 is 1.20 bits per heavy atom. The third kappa shape index (κ3) is 4.22. The fraction of sp³-hybridized carbons (Fsp3) is 0.714. The van der Waals surface area contributed by atoms with Crippen LogP contribution in [0.25, 0.3) is 0 Å². The third-order valence-electron chi connectivity index (χ3n) is 5.97. The van der Waals surface area contributed by atoms with E-state index in [2.05, 4.69) is 4.98 Å². The van der Waals surface area contributed by atoms with Crippen molar-refractivity contribution in [2.75, 3.05) is 24.2 Å². The van der Waals surface area contributed by atoms with E-state index in [0.29, 0.717) is 24.8 Å². The average molecular weight is 434 g/mol. The van der Waals surface area contributed by atoms with E-state index in [9.17, 15) is 9.59 Å². The number of hydrogen-bond acceptors (Lipinski definition) is 6. The van der Waals surface area contributed by atoms with Gasteiger partial charge in [0.1, 0.15) is 11.4 Å². The molecule has 30 heavy (non-hydrogen) atoms. The van der Waals surface area contributed by atoms with Crippen molar-refractivity contribution in [3.63, 3.8) is 0 Å². The summed E-state index contributed by atoms with van der Waals surface area (Å²) in [5, 5.41) is 0.690. The number of likely N-dealkylation sites (tertiary alicyclic amines) is 1. The number of urea groups is 1. The van der Waals surface area contributed by atoms with Crippen molar-refractivity contribution in [3.8, 4) is 0 Å². The zero-order valence-corrected chi connectivity index (χ0v) is 19.1. The van der Waals surface area contributed by atoms with Gasteiger partial charge in [0.05, 0.1) is 12.6 Å². The second-order valence-electron chi connectivity index (χ2n) is 9.29. The van der Waals surface area contributed by atoms with Crippen LogP contribution >= 0.6 is 11.8 Å². The Morgan fingerprint density at radius 3 is 2.60 bits per heavy atom. The van der Waals surface area contributed by atoms with Gasteiger partial charge in [-0.3, -0.25) is 4.90 Å². The number of thioether (sulfide) groups is 1. The molecule has 2 aliphatic heterocycles. The highest BCUT2D eigenvalue weighted by atomic mass is 32.2. The van der Waals surface area contributed by atoms with Gasteiger partial charge in [-0.1, -0.05) is 24.6 Å². The van der Waals surface area contributed by atoms with E-state index in [1.807, 2.05) is 43.0 Å². The minimum absolute atomic E-state index is 0.0104. The van der Waals surface area contributed by atoms with E-state index < -0.39 is 5.60 Å². The first-order valence-electron chi connectivity index (χ1n) is 10.7. The number of carbonyl (C=O) groups is 2. The maximum atomic E-state index is 13.6. The quantitative estimate of drug-likeness (QED) is 0.531. The molecule has 4 rings (SSSR count). The molecule has 0 bridgehead atoms. The smallest absolute Gasteiger partial charge is 0.410 e. The fourth-order valence-corrected chi connectivity index (χ4v) is 4.88. The highest BCUT2D eigenvalue weighted by Crippen LogP contribution is 2.36. The van der Waals surface area contributed by atoms with Crippen molar-refractivity contribution < 1.29 is 14.3 Å². The molecule has 1 aromatic heterocycles. The number of nitrogens with zero attached hydrogens (tertiary/aromatic N) is 5. The molecular formula is C21H31N5O3S. The Morgan fingerprint density at radius 2 is 1.93 bits per heavy atom. The number of carbonyl (C=O) groups excluding carboxylic acids is 2. The number of hydrogen-bond donors (Lipinski definition) is 0. The molecule has 0 N–H and O–H groups in total. The second-order valence-corrected chi connectivity index (χ2v) is 10.1. The molecule has 1 saturated carbocycles. The van der Waals surface area contributed by atoms with Gasteiger partial charge in [-0.2, -0.15) is 0 Å².